The van der Waals surface area contributed by atoms with E-state index in [1.807, 2.05) is 24.3 Å². The summed E-state index contributed by atoms with van der Waals surface area (Å²) >= 11 is 3.72. The summed E-state index contributed by atoms with van der Waals surface area (Å²) in [6, 6.07) is 16.3. The van der Waals surface area contributed by atoms with Crippen LogP contribution >= 0.6 is 15.9 Å². The molecule has 0 aromatic heterocycles. The molecule has 1 aliphatic heterocycles. The van der Waals surface area contributed by atoms with E-state index >= 15 is 0 Å². The van der Waals surface area contributed by atoms with Gasteiger partial charge in [-0.15, -0.1) is 0 Å². The number of ether oxygens (including phenoxy) is 2. The van der Waals surface area contributed by atoms with E-state index in [4.69, 9.17) is 9.47 Å². The van der Waals surface area contributed by atoms with Crippen LogP contribution in [0.5, 0.6) is 11.5 Å². The van der Waals surface area contributed by atoms with E-state index in [-0.39, 0.29) is 10.9 Å². The highest BCUT2D eigenvalue weighted by Gasteiger charge is 2.28. The van der Waals surface area contributed by atoms with E-state index in [9.17, 15) is 0 Å². The molecule has 0 radical (unpaired) electrons. The van der Waals surface area contributed by atoms with E-state index in [0.29, 0.717) is 6.61 Å². The maximum Gasteiger partial charge on any atom is 0.161 e. The topological polar surface area (TPSA) is 18.5 Å². The number of aryl methyl sites for hydroxylation is 1. The van der Waals surface area contributed by atoms with Crippen molar-refractivity contribution in [2.24, 2.45) is 0 Å². The monoisotopic (exact) mass is 318 g/mol. The second-order valence-electron chi connectivity index (χ2n) is 4.73. The zero-order chi connectivity index (χ0) is 13.2. The fourth-order valence-electron chi connectivity index (χ4n) is 2.14. The van der Waals surface area contributed by atoms with Gasteiger partial charge in [-0.25, -0.2) is 0 Å². The Labute approximate surface area is 121 Å². The number of benzene rings is 2. The highest BCUT2D eigenvalue weighted by atomic mass is 79.9. The van der Waals surface area contributed by atoms with Gasteiger partial charge in [0.25, 0.3) is 0 Å². The van der Waals surface area contributed by atoms with Gasteiger partial charge < -0.3 is 9.47 Å². The standard InChI is InChI=1S/C16H15BrO2/c1-11-6-8-12(9-7-11)16(17)15-10-18-13-4-2-3-5-14(13)19-15/h2-9,15-16H,10H2,1H3. The molecule has 0 fully saturated rings. The van der Waals surface area contributed by atoms with Gasteiger partial charge in [-0.05, 0) is 24.6 Å². The van der Waals surface area contributed by atoms with Crippen LogP contribution in [0.15, 0.2) is 48.5 Å². The van der Waals surface area contributed by atoms with Crippen molar-refractivity contribution in [1.82, 2.24) is 0 Å². The third-order valence-corrected chi connectivity index (χ3v) is 4.37. The van der Waals surface area contributed by atoms with E-state index in [2.05, 4.69) is 47.1 Å². The van der Waals surface area contributed by atoms with Crippen LogP contribution in [-0.2, 0) is 0 Å². The fourth-order valence-corrected chi connectivity index (χ4v) is 2.71. The number of alkyl halides is 1. The van der Waals surface area contributed by atoms with Gasteiger partial charge in [0.15, 0.2) is 11.5 Å². The third kappa shape index (κ3) is 2.61. The van der Waals surface area contributed by atoms with Crippen LogP contribution in [0.3, 0.4) is 0 Å². The van der Waals surface area contributed by atoms with Gasteiger partial charge in [-0.1, -0.05) is 57.9 Å². The van der Waals surface area contributed by atoms with Crippen molar-refractivity contribution >= 4 is 15.9 Å². The molecule has 2 atom stereocenters. The van der Waals surface area contributed by atoms with E-state index in [0.717, 1.165) is 11.5 Å². The maximum absolute atomic E-state index is 6.01. The Balaban J connectivity index is 1.79. The molecule has 98 valence electrons. The molecule has 2 aromatic rings. The number of hydrogen-bond donors (Lipinski definition) is 0. The Morgan fingerprint density at radius 1 is 1.05 bits per heavy atom. The number of hydrogen-bond acceptors (Lipinski definition) is 2. The molecule has 0 bridgehead atoms. The second kappa shape index (κ2) is 5.25. The first-order valence-corrected chi connectivity index (χ1v) is 7.25. The van der Waals surface area contributed by atoms with Gasteiger partial charge in [0, 0.05) is 0 Å². The molecule has 3 heteroatoms. The minimum Gasteiger partial charge on any atom is -0.486 e. The Morgan fingerprint density at radius 3 is 2.47 bits per heavy atom. The molecule has 2 nitrogen and oxygen atoms in total. The lowest BCUT2D eigenvalue weighted by atomic mass is 10.1. The van der Waals surface area contributed by atoms with Crippen LogP contribution in [0.2, 0.25) is 0 Å². The zero-order valence-electron chi connectivity index (χ0n) is 10.7. The average Bonchev–Trinajstić information content (AvgIpc) is 2.47. The van der Waals surface area contributed by atoms with Crippen LogP contribution in [0.4, 0.5) is 0 Å². The molecule has 0 amide bonds. The van der Waals surface area contributed by atoms with Crippen LogP contribution in [0, 0.1) is 6.92 Å². The minimum absolute atomic E-state index is 0.0161. The summed E-state index contributed by atoms with van der Waals surface area (Å²) in [5.74, 6) is 1.64. The molecular weight excluding hydrogens is 304 g/mol. The average molecular weight is 319 g/mol. The molecule has 1 aliphatic rings. The summed E-state index contributed by atoms with van der Waals surface area (Å²) in [6.07, 6.45) is -0.0161. The van der Waals surface area contributed by atoms with Crippen molar-refractivity contribution in [3.63, 3.8) is 0 Å². The lowest BCUT2D eigenvalue weighted by Crippen LogP contribution is -2.32. The summed E-state index contributed by atoms with van der Waals surface area (Å²) in [7, 11) is 0. The molecule has 0 N–H and O–H groups in total. The lowest BCUT2D eigenvalue weighted by molar-refractivity contribution is 0.0905. The first-order valence-electron chi connectivity index (χ1n) is 6.33. The normalized spacial score (nSPS) is 18.9. The highest BCUT2D eigenvalue weighted by molar-refractivity contribution is 9.09. The molecule has 19 heavy (non-hydrogen) atoms. The lowest BCUT2D eigenvalue weighted by Gasteiger charge is -2.29. The molecule has 0 spiro atoms. The maximum atomic E-state index is 6.01. The Kier molecular flexibility index (Phi) is 3.47. The number of fused-ring (bicyclic) bond motifs is 1. The first-order chi connectivity index (χ1) is 9.24. The number of halogens is 1. The molecule has 1 heterocycles. The molecular formula is C16H15BrO2. The van der Waals surface area contributed by atoms with Gasteiger partial charge in [-0.3, -0.25) is 0 Å². The van der Waals surface area contributed by atoms with Crippen LogP contribution in [0.25, 0.3) is 0 Å². The Morgan fingerprint density at radius 2 is 1.74 bits per heavy atom. The fraction of sp³-hybridized carbons (Fsp3) is 0.250. The van der Waals surface area contributed by atoms with Gasteiger partial charge in [0.2, 0.25) is 0 Å². The van der Waals surface area contributed by atoms with Crippen LogP contribution in [0.1, 0.15) is 16.0 Å². The van der Waals surface area contributed by atoms with Crippen LogP contribution in [-0.4, -0.2) is 12.7 Å². The zero-order valence-corrected chi connectivity index (χ0v) is 12.3. The first kappa shape index (κ1) is 12.5. The van der Waals surface area contributed by atoms with E-state index in [1.165, 1.54) is 11.1 Å². The number of para-hydroxylation sites is 2. The summed E-state index contributed by atoms with van der Waals surface area (Å²) in [4.78, 5) is 0.126. The largest absolute Gasteiger partial charge is 0.486 e. The highest BCUT2D eigenvalue weighted by Crippen LogP contribution is 2.37. The molecule has 0 aliphatic carbocycles. The summed E-state index contributed by atoms with van der Waals surface area (Å²) in [5, 5.41) is 0. The predicted molar refractivity (Wildman–Crippen MR) is 79.2 cm³/mol. The smallest absolute Gasteiger partial charge is 0.161 e. The minimum atomic E-state index is -0.0161. The summed E-state index contributed by atoms with van der Waals surface area (Å²) in [6.45, 7) is 2.64. The molecule has 0 saturated carbocycles. The molecule has 2 aromatic carbocycles. The summed E-state index contributed by atoms with van der Waals surface area (Å²) in [5.41, 5.74) is 2.47. The van der Waals surface area contributed by atoms with Crippen molar-refractivity contribution in [3.05, 3.63) is 59.7 Å². The van der Waals surface area contributed by atoms with Crippen molar-refractivity contribution in [2.75, 3.05) is 6.61 Å². The Hall–Kier alpha value is -1.48. The molecule has 0 saturated heterocycles. The van der Waals surface area contributed by atoms with Crippen molar-refractivity contribution in [3.8, 4) is 11.5 Å². The van der Waals surface area contributed by atoms with Crippen LogP contribution < -0.4 is 9.47 Å². The number of rotatable bonds is 2. The van der Waals surface area contributed by atoms with E-state index in [1.54, 1.807) is 0 Å². The predicted octanol–water partition coefficient (Wildman–Crippen LogP) is 4.27. The SMILES string of the molecule is Cc1ccc(C(Br)C2COc3ccccc3O2)cc1. The quantitative estimate of drug-likeness (QED) is 0.770. The van der Waals surface area contributed by atoms with Gasteiger partial charge >= 0.3 is 0 Å². The van der Waals surface area contributed by atoms with Crippen molar-refractivity contribution < 1.29 is 9.47 Å². The van der Waals surface area contributed by atoms with Gasteiger partial charge in [0.1, 0.15) is 12.7 Å². The third-order valence-electron chi connectivity index (χ3n) is 3.25. The molecule has 3 rings (SSSR count). The van der Waals surface area contributed by atoms with Crippen molar-refractivity contribution in [2.45, 2.75) is 17.9 Å². The molecule has 2 unspecified atom stereocenters. The van der Waals surface area contributed by atoms with Gasteiger partial charge in [0.05, 0.1) is 4.83 Å². The van der Waals surface area contributed by atoms with Gasteiger partial charge in [-0.2, -0.15) is 0 Å². The second-order valence-corrected chi connectivity index (χ2v) is 5.71. The Bertz CT molecular complexity index is 565. The van der Waals surface area contributed by atoms with Crippen molar-refractivity contribution in [1.29, 1.82) is 0 Å². The van der Waals surface area contributed by atoms with E-state index < -0.39 is 0 Å². The summed E-state index contributed by atoms with van der Waals surface area (Å²) < 4.78 is 11.8.